The molecule has 3 rings (SSSR count). The number of rotatable bonds is 6. The fourth-order valence-electron chi connectivity index (χ4n) is 2.59. The van der Waals surface area contributed by atoms with Crippen molar-refractivity contribution in [2.75, 3.05) is 13.2 Å². The average Bonchev–Trinajstić information content (AvgIpc) is 3.24. The monoisotopic (exact) mass is 383 g/mol. The maximum absolute atomic E-state index is 12.4. The van der Waals surface area contributed by atoms with Gasteiger partial charge in [0.25, 0.3) is 5.91 Å². The molecule has 1 aliphatic heterocycles. The third-order valence-corrected chi connectivity index (χ3v) is 5.81. The van der Waals surface area contributed by atoms with Crippen molar-refractivity contribution < 1.29 is 22.4 Å². The van der Waals surface area contributed by atoms with E-state index in [1.165, 1.54) is 36.4 Å². The van der Waals surface area contributed by atoms with Crippen LogP contribution in [-0.4, -0.2) is 33.6 Å². The zero-order valence-electron chi connectivity index (χ0n) is 13.4. The first kappa shape index (κ1) is 18.0. The molecule has 0 radical (unpaired) electrons. The number of hydrogen-bond acceptors (Lipinski definition) is 5. The van der Waals surface area contributed by atoms with Gasteiger partial charge in [0.15, 0.2) is 15.6 Å². The summed E-state index contributed by atoms with van der Waals surface area (Å²) in [6.07, 6.45) is 1.94. The first-order valence-electron chi connectivity index (χ1n) is 7.91. The minimum atomic E-state index is -3.57. The standard InChI is InChI=1S/C17H18ClNO5S/c18-12-3-6-15(7-4-12)25(21,22)11-14-5-8-16(24-14)17(20)19-10-13-2-1-9-23-13/h3-8,13H,1-2,9-11H2,(H,19,20)/t13-/m1/s1. The Balaban J connectivity index is 1.62. The van der Waals surface area contributed by atoms with Crippen molar-refractivity contribution in [2.24, 2.45) is 0 Å². The van der Waals surface area contributed by atoms with Gasteiger partial charge in [0, 0.05) is 18.2 Å². The second-order valence-corrected chi connectivity index (χ2v) is 8.25. The molecular formula is C17H18ClNO5S. The number of nitrogens with one attached hydrogen (secondary N) is 1. The highest BCUT2D eigenvalue weighted by atomic mass is 35.5. The van der Waals surface area contributed by atoms with Crippen molar-refractivity contribution in [1.29, 1.82) is 0 Å². The molecule has 0 spiro atoms. The Kier molecular flexibility index (Phi) is 5.46. The number of carbonyl (C=O) groups is 1. The summed E-state index contributed by atoms with van der Waals surface area (Å²) in [7, 11) is -3.57. The normalized spacial score (nSPS) is 17.6. The van der Waals surface area contributed by atoms with E-state index in [2.05, 4.69) is 5.32 Å². The third kappa shape index (κ3) is 4.62. The minimum Gasteiger partial charge on any atom is -0.455 e. The largest absolute Gasteiger partial charge is 0.455 e. The summed E-state index contributed by atoms with van der Waals surface area (Å²) in [6, 6.07) is 8.87. The van der Waals surface area contributed by atoms with Crippen LogP contribution in [0.2, 0.25) is 5.02 Å². The number of benzene rings is 1. The predicted octanol–water partition coefficient (Wildman–Crippen LogP) is 2.82. The van der Waals surface area contributed by atoms with Crippen molar-refractivity contribution in [3.63, 3.8) is 0 Å². The van der Waals surface area contributed by atoms with Crippen molar-refractivity contribution in [3.8, 4) is 0 Å². The fourth-order valence-corrected chi connectivity index (χ4v) is 3.96. The molecule has 2 heterocycles. The molecule has 1 aromatic carbocycles. The topological polar surface area (TPSA) is 85.6 Å². The highest BCUT2D eigenvalue weighted by Gasteiger charge is 2.21. The van der Waals surface area contributed by atoms with Crippen LogP contribution < -0.4 is 5.32 Å². The Morgan fingerprint density at radius 3 is 2.64 bits per heavy atom. The summed E-state index contributed by atoms with van der Waals surface area (Å²) in [5.41, 5.74) is 0. The number of furan rings is 1. The molecule has 1 aromatic heterocycles. The van der Waals surface area contributed by atoms with Gasteiger partial charge >= 0.3 is 0 Å². The van der Waals surface area contributed by atoms with Crippen molar-refractivity contribution in [2.45, 2.75) is 29.6 Å². The Morgan fingerprint density at radius 1 is 1.20 bits per heavy atom. The molecule has 25 heavy (non-hydrogen) atoms. The molecule has 1 N–H and O–H groups in total. The van der Waals surface area contributed by atoms with E-state index in [0.29, 0.717) is 18.2 Å². The highest BCUT2D eigenvalue weighted by Crippen LogP contribution is 2.20. The van der Waals surface area contributed by atoms with E-state index >= 15 is 0 Å². The van der Waals surface area contributed by atoms with Crippen LogP contribution in [0.15, 0.2) is 45.7 Å². The molecule has 6 nitrogen and oxygen atoms in total. The summed E-state index contributed by atoms with van der Waals surface area (Å²) in [5, 5.41) is 3.19. The van der Waals surface area contributed by atoms with Crippen LogP contribution in [-0.2, 0) is 20.3 Å². The van der Waals surface area contributed by atoms with E-state index in [4.69, 9.17) is 20.8 Å². The molecule has 0 unspecified atom stereocenters. The number of halogens is 1. The van der Waals surface area contributed by atoms with Gasteiger partial charge in [-0.25, -0.2) is 8.42 Å². The quantitative estimate of drug-likeness (QED) is 0.828. The van der Waals surface area contributed by atoms with Gasteiger partial charge in [-0.05, 0) is 49.2 Å². The molecule has 1 saturated heterocycles. The lowest BCUT2D eigenvalue weighted by molar-refractivity contribution is 0.0834. The summed E-state index contributed by atoms with van der Waals surface area (Å²) in [4.78, 5) is 12.2. The Bertz CT molecular complexity index is 838. The van der Waals surface area contributed by atoms with Gasteiger partial charge in [-0.2, -0.15) is 0 Å². The van der Waals surface area contributed by atoms with Gasteiger partial charge in [0.1, 0.15) is 11.5 Å². The van der Waals surface area contributed by atoms with E-state index in [9.17, 15) is 13.2 Å². The zero-order chi connectivity index (χ0) is 17.9. The summed E-state index contributed by atoms with van der Waals surface area (Å²) < 4.78 is 35.6. The van der Waals surface area contributed by atoms with Crippen LogP contribution in [0.4, 0.5) is 0 Å². The Morgan fingerprint density at radius 2 is 1.96 bits per heavy atom. The molecule has 1 atom stereocenters. The van der Waals surface area contributed by atoms with Crippen molar-refractivity contribution >= 4 is 27.3 Å². The van der Waals surface area contributed by atoms with E-state index in [1.54, 1.807) is 0 Å². The molecule has 0 saturated carbocycles. The molecule has 1 aliphatic rings. The molecule has 0 aliphatic carbocycles. The minimum absolute atomic E-state index is 0.0312. The predicted molar refractivity (Wildman–Crippen MR) is 92.4 cm³/mol. The molecule has 1 amide bonds. The summed E-state index contributed by atoms with van der Waals surface area (Å²) in [5.74, 6) is -0.421. The number of carbonyl (C=O) groups excluding carboxylic acids is 1. The lowest BCUT2D eigenvalue weighted by Crippen LogP contribution is -2.31. The Labute approximate surface area is 151 Å². The van der Waals surface area contributed by atoms with Gasteiger partial charge < -0.3 is 14.5 Å². The maximum atomic E-state index is 12.4. The number of ether oxygens (including phenoxy) is 1. The average molecular weight is 384 g/mol. The van der Waals surface area contributed by atoms with Crippen LogP contribution in [0, 0.1) is 0 Å². The van der Waals surface area contributed by atoms with Gasteiger partial charge in [-0.15, -0.1) is 0 Å². The third-order valence-electron chi connectivity index (χ3n) is 3.90. The summed E-state index contributed by atoms with van der Waals surface area (Å²) in [6.45, 7) is 1.13. The van der Waals surface area contributed by atoms with Crippen LogP contribution in [0.3, 0.4) is 0 Å². The molecule has 1 fully saturated rings. The molecule has 2 aromatic rings. The van der Waals surface area contributed by atoms with E-state index in [1.807, 2.05) is 0 Å². The smallest absolute Gasteiger partial charge is 0.287 e. The van der Waals surface area contributed by atoms with Crippen LogP contribution >= 0.6 is 11.6 Å². The Hall–Kier alpha value is -1.83. The van der Waals surface area contributed by atoms with Crippen LogP contribution in [0.1, 0.15) is 29.2 Å². The molecular weight excluding hydrogens is 366 g/mol. The fraction of sp³-hybridized carbons (Fsp3) is 0.353. The lowest BCUT2D eigenvalue weighted by atomic mass is 10.2. The first-order chi connectivity index (χ1) is 11.9. The van der Waals surface area contributed by atoms with Gasteiger partial charge in [-0.1, -0.05) is 11.6 Å². The molecule has 0 bridgehead atoms. The first-order valence-corrected chi connectivity index (χ1v) is 9.94. The van der Waals surface area contributed by atoms with Crippen LogP contribution in [0.25, 0.3) is 0 Å². The highest BCUT2D eigenvalue weighted by molar-refractivity contribution is 7.90. The van der Waals surface area contributed by atoms with Gasteiger partial charge in [0.05, 0.1) is 11.0 Å². The van der Waals surface area contributed by atoms with Crippen molar-refractivity contribution in [1.82, 2.24) is 5.32 Å². The maximum Gasteiger partial charge on any atom is 0.287 e. The van der Waals surface area contributed by atoms with E-state index in [-0.39, 0.29) is 34.2 Å². The zero-order valence-corrected chi connectivity index (χ0v) is 15.0. The van der Waals surface area contributed by atoms with E-state index in [0.717, 1.165) is 12.8 Å². The lowest BCUT2D eigenvalue weighted by Gasteiger charge is -2.09. The number of sulfone groups is 1. The van der Waals surface area contributed by atoms with Gasteiger partial charge in [0.2, 0.25) is 0 Å². The molecule has 134 valence electrons. The number of hydrogen-bond donors (Lipinski definition) is 1. The van der Waals surface area contributed by atoms with Crippen molar-refractivity contribution in [3.05, 3.63) is 52.9 Å². The second-order valence-electron chi connectivity index (χ2n) is 5.82. The van der Waals surface area contributed by atoms with Gasteiger partial charge in [-0.3, -0.25) is 4.79 Å². The van der Waals surface area contributed by atoms with E-state index < -0.39 is 9.84 Å². The SMILES string of the molecule is O=C(NC[C@H]1CCCO1)c1ccc(CS(=O)(=O)c2ccc(Cl)cc2)o1. The number of amides is 1. The summed E-state index contributed by atoms with van der Waals surface area (Å²) >= 11 is 5.77. The molecule has 8 heteroatoms. The second kappa shape index (κ2) is 7.59. The van der Waals surface area contributed by atoms with Crippen LogP contribution in [0.5, 0.6) is 0 Å².